The van der Waals surface area contributed by atoms with E-state index in [1.54, 1.807) is 18.9 Å². The number of carbonyl (C=O) groups is 1. The number of aliphatic hydroxyl groups excluding tert-OH is 1. The van der Waals surface area contributed by atoms with E-state index in [2.05, 4.69) is 24.1 Å². The number of nitrogens with one attached hydrogen (secondary N) is 1. The monoisotopic (exact) mass is 299 g/mol. The Morgan fingerprint density at radius 2 is 1.76 bits per heavy atom. The lowest BCUT2D eigenvalue weighted by Gasteiger charge is -2.34. The number of urea groups is 1. The van der Waals surface area contributed by atoms with Crippen molar-refractivity contribution >= 4 is 6.03 Å². The summed E-state index contributed by atoms with van der Waals surface area (Å²) in [6.07, 6.45) is 4.68. The number of likely N-dealkylation sites (tertiary alicyclic amines) is 1. The minimum absolute atomic E-state index is 0.101. The van der Waals surface area contributed by atoms with Gasteiger partial charge in [-0.1, -0.05) is 26.7 Å². The van der Waals surface area contributed by atoms with E-state index in [1.165, 1.54) is 25.7 Å². The van der Waals surface area contributed by atoms with Gasteiger partial charge in [-0.2, -0.15) is 0 Å². The number of carbonyl (C=O) groups excluding carboxylic acids is 1. The lowest BCUT2D eigenvalue weighted by molar-refractivity contribution is 0.134. The summed E-state index contributed by atoms with van der Waals surface area (Å²) in [7, 11) is 1.72. The lowest BCUT2D eigenvalue weighted by Crippen LogP contribution is -2.50. The fraction of sp³-hybridized carbons (Fsp3) is 0.938. The second-order valence-corrected chi connectivity index (χ2v) is 6.68. The Balaban J connectivity index is 2.48. The Hall–Kier alpha value is -0.810. The highest BCUT2D eigenvalue weighted by atomic mass is 16.3. The standard InChI is InChI=1S/C16H33N3O2/c1-13(2)15(19-9-7-5-6-8-10-19)11-17-16(21)18(4)12-14(3)20/h13-15,20H,5-12H2,1-4H3,(H,17,21). The van der Waals surface area contributed by atoms with E-state index in [4.69, 9.17) is 0 Å². The van der Waals surface area contributed by atoms with Crippen LogP contribution in [0.2, 0.25) is 0 Å². The Kier molecular flexibility index (Phi) is 8.04. The second-order valence-electron chi connectivity index (χ2n) is 6.68. The molecule has 0 bridgehead atoms. The van der Waals surface area contributed by atoms with Crippen LogP contribution in [0.5, 0.6) is 0 Å². The molecular weight excluding hydrogens is 266 g/mol. The van der Waals surface area contributed by atoms with Crippen LogP contribution in [0.25, 0.3) is 0 Å². The Labute approximate surface area is 129 Å². The van der Waals surface area contributed by atoms with Crippen LogP contribution in [0.15, 0.2) is 0 Å². The molecule has 1 heterocycles. The second kappa shape index (κ2) is 9.26. The van der Waals surface area contributed by atoms with E-state index >= 15 is 0 Å². The van der Waals surface area contributed by atoms with E-state index in [1.807, 2.05) is 0 Å². The molecule has 21 heavy (non-hydrogen) atoms. The van der Waals surface area contributed by atoms with Crippen molar-refractivity contribution in [3.05, 3.63) is 0 Å². The summed E-state index contributed by atoms with van der Waals surface area (Å²) in [5, 5.41) is 12.4. The first kappa shape index (κ1) is 18.2. The molecule has 1 rings (SSSR count). The van der Waals surface area contributed by atoms with Crippen LogP contribution < -0.4 is 5.32 Å². The maximum absolute atomic E-state index is 12.0. The first-order valence-corrected chi connectivity index (χ1v) is 8.33. The number of amides is 2. The van der Waals surface area contributed by atoms with Gasteiger partial charge in [-0.3, -0.25) is 4.90 Å². The smallest absolute Gasteiger partial charge is 0.317 e. The molecule has 2 unspecified atom stereocenters. The maximum atomic E-state index is 12.0. The molecule has 1 aliphatic heterocycles. The summed E-state index contributed by atoms with van der Waals surface area (Å²) in [5.41, 5.74) is 0. The zero-order valence-corrected chi connectivity index (χ0v) is 14.1. The van der Waals surface area contributed by atoms with Crippen LogP contribution in [0.1, 0.15) is 46.5 Å². The average molecular weight is 299 g/mol. The highest BCUT2D eigenvalue weighted by Crippen LogP contribution is 2.17. The van der Waals surface area contributed by atoms with Gasteiger partial charge < -0.3 is 15.3 Å². The van der Waals surface area contributed by atoms with Crippen molar-refractivity contribution in [2.24, 2.45) is 5.92 Å². The first-order valence-electron chi connectivity index (χ1n) is 8.33. The third-order valence-corrected chi connectivity index (χ3v) is 4.23. The van der Waals surface area contributed by atoms with Gasteiger partial charge in [0.2, 0.25) is 0 Å². The molecule has 2 N–H and O–H groups in total. The van der Waals surface area contributed by atoms with Gasteiger partial charge in [0.15, 0.2) is 0 Å². The number of aliphatic hydroxyl groups is 1. The van der Waals surface area contributed by atoms with Gasteiger partial charge in [0.05, 0.1) is 6.10 Å². The van der Waals surface area contributed by atoms with Crippen molar-refractivity contribution < 1.29 is 9.90 Å². The molecule has 0 aliphatic carbocycles. The molecule has 2 amide bonds. The fourth-order valence-corrected chi connectivity index (χ4v) is 3.02. The minimum Gasteiger partial charge on any atom is -0.392 e. The predicted molar refractivity (Wildman–Crippen MR) is 86.4 cm³/mol. The van der Waals surface area contributed by atoms with Crippen LogP contribution in [0, 0.1) is 5.92 Å². The van der Waals surface area contributed by atoms with E-state index in [9.17, 15) is 9.90 Å². The van der Waals surface area contributed by atoms with E-state index < -0.39 is 6.10 Å². The third-order valence-electron chi connectivity index (χ3n) is 4.23. The summed E-state index contributed by atoms with van der Waals surface area (Å²) in [4.78, 5) is 16.1. The van der Waals surface area contributed by atoms with Crippen LogP contribution in [-0.4, -0.2) is 66.3 Å². The highest BCUT2D eigenvalue weighted by molar-refractivity contribution is 5.73. The third kappa shape index (κ3) is 6.66. The largest absolute Gasteiger partial charge is 0.392 e. The topological polar surface area (TPSA) is 55.8 Å². The summed E-state index contributed by atoms with van der Waals surface area (Å²) in [5.74, 6) is 0.519. The van der Waals surface area contributed by atoms with Gasteiger partial charge in [-0.25, -0.2) is 4.79 Å². The van der Waals surface area contributed by atoms with Crippen LogP contribution >= 0.6 is 0 Å². The zero-order chi connectivity index (χ0) is 15.8. The van der Waals surface area contributed by atoms with Crippen LogP contribution in [-0.2, 0) is 0 Å². The molecule has 1 aliphatic rings. The average Bonchev–Trinajstić information content (AvgIpc) is 2.66. The van der Waals surface area contributed by atoms with Gasteiger partial charge in [-0.15, -0.1) is 0 Å². The molecule has 0 aromatic rings. The molecule has 0 aromatic carbocycles. The van der Waals surface area contributed by atoms with Gasteiger partial charge in [-0.05, 0) is 38.8 Å². The summed E-state index contributed by atoms with van der Waals surface area (Å²) in [6, 6.07) is 0.295. The SMILES string of the molecule is CC(O)CN(C)C(=O)NCC(C(C)C)N1CCCCCC1. The number of hydrogen-bond acceptors (Lipinski definition) is 3. The van der Waals surface area contributed by atoms with Gasteiger partial charge >= 0.3 is 6.03 Å². The molecule has 5 heteroatoms. The predicted octanol–water partition coefficient (Wildman–Crippen LogP) is 1.91. The summed E-state index contributed by atoms with van der Waals surface area (Å²) in [6.45, 7) is 9.47. The molecule has 0 aromatic heterocycles. The van der Waals surface area contributed by atoms with Gasteiger partial charge in [0.25, 0.3) is 0 Å². The Morgan fingerprint density at radius 3 is 2.24 bits per heavy atom. The minimum atomic E-state index is -0.493. The molecular formula is C16H33N3O2. The molecule has 124 valence electrons. The Morgan fingerprint density at radius 1 is 1.19 bits per heavy atom. The lowest BCUT2D eigenvalue weighted by atomic mass is 10.0. The van der Waals surface area contributed by atoms with Crippen LogP contribution in [0.4, 0.5) is 4.79 Å². The highest BCUT2D eigenvalue weighted by Gasteiger charge is 2.23. The number of rotatable bonds is 6. The maximum Gasteiger partial charge on any atom is 0.317 e. The molecule has 0 spiro atoms. The summed E-state index contributed by atoms with van der Waals surface area (Å²) >= 11 is 0. The van der Waals surface area contributed by atoms with Crippen molar-refractivity contribution in [2.75, 3.05) is 33.2 Å². The van der Waals surface area contributed by atoms with Gasteiger partial charge in [0, 0.05) is 26.2 Å². The molecule has 5 nitrogen and oxygen atoms in total. The van der Waals surface area contributed by atoms with E-state index in [0.29, 0.717) is 25.0 Å². The Bertz CT molecular complexity index is 300. The van der Waals surface area contributed by atoms with Crippen LogP contribution in [0.3, 0.4) is 0 Å². The normalized spacial score (nSPS) is 19.9. The van der Waals surface area contributed by atoms with Crippen molar-refractivity contribution in [1.82, 2.24) is 15.1 Å². The molecule has 1 saturated heterocycles. The number of likely N-dealkylation sites (N-methyl/N-ethyl adjacent to an activating group) is 1. The fourth-order valence-electron chi connectivity index (χ4n) is 3.02. The first-order chi connectivity index (χ1) is 9.91. The van der Waals surface area contributed by atoms with Crippen molar-refractivity contribution in [3.63, 3.8) is 0 Å². The van der Waals surface area contributed by atoms with Gasteiger partial charge in [0.1, 0.15) is 0 Å². The van der Waals surface area contributed by atoms with Crippen molar-refractivity contribution in [3.8, 4) is 0 Å². The number of hydrogen-bond donors (Lipinski definition) is 2. The molecule has 2 atom stereocenters. The van der Waals surface area contributed by atoms with Crippen molar-refractivity contribution in [1.29, 1.82) is 0 Å². The number of nitrogens with zero attached hydrogens (tertiary/aromatic N) is 2. The zero-order valence-electron chi connectivity index (χ0n) is 14.1. The quantitative estimate of drug-likeness (QED) is 0.788. The molecule has 0 saturated carbocycles. The molecule has 1 fully saturated rings. The van der Waals surface area contributed by atoms with Crippen molar-refractivity contribution in [2.45, 2.75) is 58.6 Å². The van der Waals surface area contributed by atoms with E-state index in [-0.39, 0.29) is 6.03 Å². The molecule has 0 radical (unpaired) electrons. The summed E-state index contributed by atoms with van der Waals surface area (Å²) < 4.78 is 0. The van der Waals surface area contributed by atoms with E-state index in [0.717, 1.165) is 13.1 Å².